The van der Waals surface area contributed by atoms with E-state index < -0.39 is 28.5 Å². The molecule has 2 aromatic carbocycles. The lowest BCUT2D eigenvalue weighted by molar-refractivity contribution is -0.130. The molecule has 4 rings (SSSR count). The number of thiocarbonyl (C=S) groups is 1. The average molecular weight is 637 g/mol. The van der Waals surface area contributed by atoms with Gasteiger partial charge in [-0.25, -0.2) is 10.0 Å². The molecule has 1 N–H and O–H groups in total. The lowest BCUT2D eigenvalue weighted by Crippen LogP contribution is -2.38. The first-order valence-electron chi connectivity index (χ1n) is 12.4. The maximum atomic E-state index is 12.5. The summed E-state index contributed by atoms with van der Waals surface area (Å²) >= 11 is 18.3. The van der Waals surface area contributed by atoms with Crippen LogP contribution in [-0.4, -0.2) is 51.2 Å². The van der Waals surface area contributed by atoms with Crippen LogP contribution in [-0.2, 0) is 10.1 Å². The van der Waals surface area contributed by atoms with Crippen molar-refractivity contribution in [3.8, 4) is 22.8 Å². The van der Waals surface area contributed by atoms with Gasteiger partial charge in [-0.15, -0.1) is 0 Å². The molecular formula is C26H26Cl2F3N3O4S2. The normalized spacial score (nSPS) is 14.8. The predicted octanol–water partition coefficient (Wildman–Crippen LogP) is 7.51. The molecule has 1 saturated carbocycles. The van der Waals surface area contributed by atoms with Gasteiger partial charge in [0, 0.05) is 16.3 Å². The van der Waals surface area contributed by atoms with Gasteiger partial charge in [-0.3, -0.25) is 9.77 Å². The van der Waals surface area contributed by atoms with E-state index in [2.05, 4.69) is 0 Å². The number of hydroxylamine groups is 2. The van der Waals surface area contributed by atoms with E-state index in [1.54, 1.807) is 29.7 Å². The van der Waals surface area contributed by atoms with E-state index in [9.17, 15) is 26.8 Å². The number of imidazole rings is 1. The molecule has 0 unspecified atom stereocenters. The Bertz CT molecular complexity index is 1490. The van der Waals surface area contributed by atoms with Crippen molar-refractivity contribution < 1.29 is 31.0 Å². The monoisotopic (exact) mass is 635 g/mol. The van der Waals surface area contributed by atoms with Crippen LogP contribution in [0.2, 0.25) is 10.0 Å². The molecule has 1 aromatic heterocycles. The third-order valence-corrected chi connectivity index (χ3v) is 8.64. The SMILES string of the molecule is Cc1c(C(=S)N(O)C2CCCCC2)nc(-c2ccc(Cl)cc2Cl)n1-c1ccc(OS(=O)(=O)CCC(F)(F)F)cc1. The lowest BCUT2D eigenvalue weighted by atomic mass is 9.95. The highest BCUT2D eigenvalue weighted by atomic mass is 35.5. The first-order chi connectivity index (χ1) is 18.8. The summed E-state index contributed by atoms with van der Waals surface area (Å²) in [6.07, 6.45) is -1.45. The minimum Gasteiger partial charge on any atom is -0.382 e. The highest BCUT2D eigenvalue weighted by Gasteiger charge is 2.31. The zero-order valence-corrected chi connectivity index (χ0v) is 24.4. The summed E-state index contributed by atoms with van der Waals surface area (Å²) < 4.78 is 68.1. The van der Waals surface area contributed by atoms with Crippen LogP contribution < -0.4 is 4.18 Å². The molecule has 0 spiro atoms. The molecule has 1 aliphatic rings. The fourth-order valence-electron chi connectivity index (χ4n) is 4.55. The second kappa shape index (κ2) is 12.2. The second-order valence-electron chi connectivity index (χ2n) is 9.47. The van der Waals surface area contributed by atoms with E-state index in [1.165, 1.54) is 24.3 Å². The smallest absolute Gasteiger partial charge is 0.382 e. The molecule has 1 fully saturated rings. The molecule has 0 saturated heterocycles. The number of aromatic nitrogens is 2. The number of hydrogen-bond acceptors (Lipinski definition) is 6. The van der Waals surface area contributed by atoms with Crippen molar-refractivity contribution in [2.45, 2.75) is 57.7 Å². The van der Waals surface area contributed by atoms with Crippen molar-refractivity contribution in [1.82, 2.24) is 14.6 Å². The zero-order chi connectivity index (χ0) is 29.2. The van der Waals surface area contributed by atoms with E-state index in [0.29, 0.717) is 38.5 Å². The number of nitrogens with zero attached hydrogens (tertiary/aromatic N) is 3. The molecule has 1 heterocycles. The van der Waals surface area contributed by atoms with Gasteiger partial charge in [0.1, 0.15) is 17.3 Å². The van der Waals surface area contributed by atoms with E-state index >= 15 is 0 Å². The van der Waals surface area contributed by atoms with Crippen molar-refractivity contribution in [3.05, 3.63) is 63.9 Å². The van der Waals surface area contributed by atoms with Gasteiger partial charge in [0.05, 0.1) is 28.9 Å². The Labute approximate surface area is 245 Å². The summed E-state index contributed by atoms with van der Waals surface area (Å²) in [5, 5.41) is 12.8. The molecule has 0 radical (unpaired) electrons. The van der Waals surface area contributed by atoms with Crippen LogP contribution in [0, 0.1) is 6.92 Å². The maximum absolute atomic E-state index is 12.5. The number of hydrogen-bond donors (Lipinski definition) is 1. The molecule has 3 aromatic rings. The first kappa shape index (κ1) is 30.6. The summed E-state index contributed by atoms with van der Waals surface area (Å²) in [7, 11) is -4.46. The van der Waals surface area contributed by atoms with Crippen LogP contribution in [0.25, 0.3) is 17.1 Å². The summed E-state index contributed by atoms with van der Waals surface area (Å²) in [4.78, 5) is 4.91. The third kappa shape index (κ3) is 7.27. The molecule has 7 nitrogen and oxygen atoms in total. The summed E-state index contributed by atoms with van der Waals surface area (Å²) in [5.41, 5.74) is 1.98. The van der Waals surface area contributed by atoms with Gasteiger partial charge in [-0.1, -0.05) is 54.7 Å². The first-order valence-corrected chi connectivity index (χ1v) is 15.2. The Morgan fingerprint density at radius 2 is 1.80 bits per heavy atom. The summed E-state index contributed by atoms with van der Waals surface area (Å²) in [5.74, 6) is -0.957. The molecular weight excluding hydrogens is 610 g/mol. The Hall–Kier alpha value is -2.38. The Morgan fingerprint density at radius 3 is 2.40 bits per heavy atom. The number of benzene rings is 2. The molecule has 0 bridgehead atoms. The van der Waals surface area contributed by atoms with E-state index in [1.807, 2.05) is 0 Å². The van der Waals surface area contributed by atoms with Gasteiger partial charge < -0.3 is 4.18 Å². The predicted molar refractivity (Wildman–Crippen MR) is 151 cm³/mol. The molecule has 216 valence electrons. The molecule has 0 amide bonds. The highest BCUT2D eigenvalue weighted by Crippen LogP contribution is 2.35. The van der Waals surface area contributed by atoms with Crippen molar-refractivity contribution in [2.24, 2.45) is 0 Å². The largest absolute Gasteiger partial charge is 0.390 e. The standard InChI is InChI=1S/C26H26Cl2F3N3O4S2/c1-16-23(25(39)34(35)19-5-3-2-4-6-19)32-24(21-12-7-17(27)15-22(21)28)33(16)18-8-10-20(11-9-18)38-40(36,37)14-13-26(29,30)31/h7-12,15,19,35H,2-6,13-14H2,1H3. The van der Waals surface area contributed by atoms with Crippen molar-refractivity contribution in [2.75, 3.05) is 5.75 Å². The van der Waals surface area contributed by atoms with Crippen LogP contribution >= 0.6 is 35.4 Å². The Morgan fingerprint density at radius 1 is 1.15 bits per heavy atom. The minimum atomic E-state index is -4.63. The van der Waals surface area contributed by atoms with E-state index in [0.717, 1.165) is 37.2 Å². The van der Waals surface area contributed by atoms with Crippen LogP contribution in [0.3, 0.4) is 0 Å². The van der Waals surface area contributed by atoms with Crippen molar-refractivity contribution in [1.29, 1.82) is 0 Å². The van der Waals surface area contributed by atoms with Gasteiger partial charge in [-0.2, -0.15) is 21.6 Å². The second-order valence-corrected chi connectivity index (χ2v) is 12.4. The topological polar surface area (TPSA) is 84.7 Å². The average Bonchev–Trinajstić information content (AvgIpc) is 3.23. The van der Waals surface area contributed by atoms with Crippen LogP contribution in [0.15, 0.2) is 42.5 Å². The van der Waals surface area contributed by atoms with E-state index in [4.69, 9.17) is 44.6 Å². The molecule has 0 aliphatic heterocycles. The number of halogens is 5. The third-order valence-electron chi connectivity index (χ3n) is 6.56. The quantitative estimate of drug-likeness (QED) is 0.156. The van der Waals surface area contributed by atoms with Gasteiger partial charge in [0.2, 0.25) is 0 Å². The highest BCUT2D eigenvalue weighted by molar-refractivity contribution is 7.87. The van der Waals surface area contributed by atoms with Gasteiger partial charge in [-0.05, 0) is 62.2 Å². The lowest BCUT2D eigenvalue weighted by Gasteiger charge is -2.30. The molecule has 0 atom stereocenters. The minimum absolute atomic E-state index is 0.121. The van der Waals surface area contributed by atoms with Gasteiger partial charge in [0.25, 0.3) is 0 Å². The Balaban J connectivity index is 1.71. The zero-order valence-electron chi connectivity index (χ0n) is 21.3. The summed E-state index contributed by atoms with van der Waals surface area (Å²) in [6, 6.07) is 10.5. The number of rotatable bonds is 8. The van der Waals surface area contributed by atoms with Gasteiger partial charge >= 0.3 is 16.3 Å². The summed E-state index contributed by atoms with van der Waals surface area (Å²) in [6.45, 7) is 1.77. The number of alkyl halides is 3. The fourth-order valence-corrected chi connectivity index (χ4v) is 6.36. The fraction of sp³-hybridized carbons (Fsp3) is 0.385. The molecule has 1 aliphatic carbocycles. The van der Waals surface area contributed by atoms with Crippen LogP contribution in [0.1, 0.15) is 49.9 Å². The maximum Gasteiger partial charge on any atom is 0.390 e. The van der Waals surface area contributed by atoms with Crippen LogP contribution in [0.4, 0.5) is 13.2 Å². The van der Waals surface area contributed by atoms with Crippen LogP contribution in [0.5, 0.6) is 5.75 Å². The molecule has 40 heavy (non-hydrogen) atoms. The molecule has 14 heteroatoms. The van der Waals surface area contributed by atoms with Crippen molar-refractivity contribution >= 4 is 50.5 Å². The Kier molecular flexibility index (Phi) is 9.35. The van der Waals surface area contributed by atoms with E-state index in [-0.39, 0.29) is 16.8 Å². The van der Waals surface area contributed by atoms with Gasteiger partial charge in [0.15, 0.2) is 4.99 Å². The van der Waals surface area contributed by atoms with Crippen molar-refractivity contribution in [3.63, 3.8) is 0 Å².